The zero-order valence-corrected chi connectivity index (χ0v) is 20.3. The fourth-order valence-corrected chi connectivity index (χ4v) is 3.30. The van der Waals surface area contributed by atoms with Crippen LogP contribution in [-0.2, 0) is 6.54 Å². The molecule has 176 valence electrons. The number of nitrogens with zero attached hydrogens (tertiary/aromatic N) is 4. The lowest BCUT2D eigenvalue weighted by Gasteiger charge is -2.37. The lowest BCUT2D eigenvalue weighted by atomic mass is 10.2. The highest BCUT2D eigenvalue weighted by Gasteiger charge is 2.29. The van der Waals surface area contributed by atoms with E-state index in [2.05, 4.69) is 25.1 Å². The minimum atomic E-state index is -4.40. The molecule has 1 aliphatic heterocycles. The quantitative estimate of drug-likeness (QED) is 0.329. The van der Waals surface area contributed by atoms with Crippen molar-refractivity contribution in [2.75, 3.05) is 51.8 Å². The number of ether oxygens (including phenoxy) is 2. The van der Waals surface area contributed by atoms with E-state index in [0.29, 0.717) is 6.54 Å². The van der Waals surface area contributed by atoms with Gasteiger partial charge in [0.1, 0.15) is 5.82 Å². The van der Waals surface area contributed by atoms with Crippen molar-refractivity contribution in [3.63, 3.8) is 0 Å². The fraction of sp³-hybridized carbons (Fsp3) is 0.429. The monoisotopic (exact) mass is 565 g/mol. The van der Waals surface area contributed by atoms with Gasteiger partial charge in [0.05, 0.1) is 7.11 Å². The molecule has 3 rings (SSSR count). The van der Waals surface area contributed by atoms with E-state index in [0.717, 1.165) is 43.5 Å². The first kappa shape index (κ1) is 25.8. The minimum Gasteiger partial charge on any atom is -0.493 e. The molecule has 2 heterocycles. The number of hydrogen-bond donors (Lipinski definition) is 1. The smallest absolute Gasteiger partial charge is 0.422 e. The number of aromatic nitrogens is 1. The molecule has 0 unspecified atom stereocenters. The number of hydrogen-bond acceptors (Lipinski definition) is 5. The molecular weight excluding hydrogens is 538 g/mol. The number of anilines is 1. The average molecular weight is 565 g/mol. The predicted octanol–water partition coefficient (Wildman–Crippen LogP) is 3.55. The Hall–Kier alpha value is -2.44. The maximum atomic E-state index is 12.4. The zero-order chi connectivity index (χ0) is 22.3. The van der Waals surface area contributed by atoms with Crippen LogP contribution < -0.4 is 19.7 Å². The van der Waals surface area contributed by atoms with Crippen LogP contribution in [0.1, 0.15) is 5.56 Å². The van der Waals surface area contributed by atoms with Crippen LogP contribution in [0.2, 0.25) is 0 Å². The minimum absolute atomic E-state index is 0. The van der Waals surface area contributed by atoms with Crippen LogP contribution >= 0.6 is 24.0 Å². The number of guanidine groups is 1. The molecule has 0 radical (unpaired) electrons. The molecular formula is C21H27F3IN5O2. The molecule has 1 saturated heterocycles. The Balaban J connectivity index is 0.00000363. The summed E-state index contributed by atoms with van der Waals surface area (Å²) in [4.78, 5) is 13.1. The summed E-state index contributed by atoms with van der Waals surface area (Å²) >= 11 is 0. The first-order valence-electron chi connectivity index (χ1n) is 9.87. The standard InChI is InChI=1S/C21H26F3N5O2.HI/c1-25-20(29-11-9-28(10-12-29)19-5-3-4-8-26-19)27-14-16-6-7-17(18(13-16)30-2)31-15-21(22,23)24;/h3-8,13H,9-12,14-15H2,1-2H3,(H,25,27);1H. The summed E-state index contributed by atoms with van der Waals surface area (Å²) in [5, 5.41) is 3.30. The van der Waals surface area contributed by atoms with E-state index in [9.17, 15) is 13.2 Å². The molecule has 0 amide bonds. The second-order valence-corrected chi connectivity index (χ2v) is 6.95. The van der Waals surface area contributed by atoms with E-state index in [1.165, 1.54) is 13.2 Å². The van der Waals surface area contributed by atoms with Gasteiger partial charge in [0.25, 0.3) is 0 Å². The molecule has 0 aliphatic carbocycles. The second kappa shape index (κ2) is 12.0. The topological polar surface area (TPSA) is 62.2 Å². The molecule has 0 saturated carbocycles. The van der Waals surface area contributed by atoms with Gasteiger partial charge in [0.2, 0.25) is 0 Å². The summed E-state index contributed by atoms with van der Waals surface area (Å²) in [5.74, 6) is 2.03. The van der Waals surface area contributed by atoms with Crippen molar-refractivity contribution in [1.82, 2.24) is 15.2 Å². The third kappa shape index (κ3) is 7.31. The molecule has 2 aromatic rings. The van der Waals surface area contributed by atoms with Gasteiger partial charge >= 0.3 is 6.18 Å². The molecule has 0 atom stereocenters. The van der Waals surface area contributed by atoms with Gasteiger partial charge in [-0.15, -0.1) is 24.0 Å². The number of methoxy groups -OCH3 is 1. The number of piperazine rings is 1. The Labute approximate surface area is 202 Å². The van der Waals surface area contributed by atoms with E-state index in [1.807, 2.05) is 18.2 Å². The maximum Gasteiger partial charge on any atom is 0.422 e. The summed E-state index contributed by atoms with van der Waals surface area (Å²) in [5.41, 5.74) is 0.837. The Kier molecular flexibility index (Phi) is 9.66. The molecule has 1 fully saturated rings. The van der Waals surface area contributed by atoms with E-state index >= 15 is 0 Å². The number of benzene rings is 1. The van der Waals surface area contributed by atoms with Gasteiger partial charge in [-0.25, -0.2) is 4.98 Å². The molecule has 7 nitrogen and oxygen atoms in total. The van der Waals surface area contributed by atoms with Crippen LogP contribution in [0.4, 0.5) is 19.0 Å². The van der Waals surface area contributed by atoms with Gasteiger partial charge in [-0.1, -0.05) is 12.1 Å². The molecule has 11 heteroatoms. The number of aliphatic imine (C=N–C) groups is 1. The van der Waals surface area contributed by atoms with Crippen molar-refractivity contribution in [1.29, 1.82) is 0 Å². The number of pyridine rings is 1. The van der Waals surface area contributed by atoms with Crippen LogP contribution in [0, 0.1) is 0 Å². The second-order valence-electron chi connectivity index (χ2n) is 6.95. The third-order valence-corrected chi connectivity index (χ3v) is 4.83. The van der Waals surface area contributed by atoms with Crippen molar-refractivity contribution in [2.45, 2.75) is 12.7 Å². The van der Waals surface area contributed by atoms with Crippen LogP contribution in [-0.4, -0.2) is 69.0 Å². The number of nitrogens with one attached hydrogen (secondary N) is 1. The van der Waals surface area contributed by atoms with Crippen molar-refractivity contribution < 1.29 is 22.6 Å². The van der Waals surface area contributed by atoms with Crippen molar-refractivity contribution >= 4 is 35.8 Å². The molecule has 1 aliphatic rings. The lowest BCUT2D eigenvalue weighted by Crippen LogP contribution is -2.52. The zero-order valence-electron chi connectivity index (χ0n) is 17.9. The third-order valence-electron chi connectivity index (χ3n) is 4.83. The van der Waals surface area contributed by atoms with Gasteiger partial charge in [-0.2, -0.15) is 13.2 Å². The summed E-state index contributed by atoms with van der Waals surface area (Å²) < 4.78 is 47.2. The van der Waals surface area contributed by atoms with E-state index in [-0.39, 0.29) is 35.5 Å². The molecule has 1 aromatic carbocycles. The summed E-state index contributed by atoms with van der Waals surface area (Å²) in [7, 11) is 3.12. The highest BCUT2D eigenvalue weighted by Crippen LogP contribution is 2.29. The summed E-state index contributed by atoms with van der Waals surface area (Å²) in [6.45, 7) is 2.34. The largest absolute Gasteiger partial charge is 0.493 e. The van der Waals surface area contributed by atoms with Gasteiger partial charge in [-0.3, -0.25) is 4.99 Å². The molecule has 0 spiro atoms. The Morgan fingerprint density at radius 3 is 2.47 bits per heavy atom. The summed E-state index contributed by atoms with van der Waals surface area (Å²) in [6.07, 6.45) is -2.62. The van der Waals surface area contributed by atoms with Crippen molar-refractivity contribution in [2.24, 2.45) is 4.99 Å². The lowest BCUT2D eigenvalue weighted by molar-refractivity contribution is -0.153. The Morgan fingerprint density at radius 2 is 1.88 bits per heavy atom. The van der Waals surface area contributed by atoms with Gasteiger partial charge in [0.15, 0.2) is 24.1 Å². The average Bonchev–Trinajstić information content (AvgIpc) is 2.79. The van der Waals surface area contributed by atoms with Crippen molar-refractivity contribution in [3.05, 3.63) is 48.2 Å². The molecule has 1 aromatic heterocycles. The van der Waals surface area contributed by atoms with Gasteiger partial charge in [-0.05, 0) is 29.8 Å². The predicted molar refractivity (Wildman–Crippen MR) is 128 cm³/mol. The number of rotatable bonds is 6. The van der Waals surface area contributed by atoms with Crippen LogP contribution in [0.5, 0.6) is 11.5 Å². The molecule has 1 N–H and O–H groups in total. The van der Waals surface area contributed by atoms with E-state index in [4.69, 9.17) is 9.47 Å². The van der Waals surface area contributed by atoms with Crippen LogP contribution in [0.3, 0.4) is 0 Å². The van der Waals surface area contributed by atoms with Crippen LogP contribution in [0.25, 0.3) is 0 Å². The highest BCUT2D eigenvalue weighted by atomic mass is 127. The first-order valence-corrected chi connectivity index (χ1v) is 9.87. The number of alkyl halides is 3. The first-order chi connectivity index (χ1) is 14.9. The summed E-state index contributed by atoms with van der Waals surface area (Å²) in [6, 6.07) is 10.7. The van der Waals surface area contributed by atoms with E-state index < -0.39 is 12.8 Å². The van der Waals surface area contributed by atoms with Gasteiger partial charge < -0.3 is 24.6 Å². The number of halogens is 4. The van der Waals surface area contributed by atoms with Crippen LogP contribution in [0.15, 0.2) is 47.6 Å². The normalized spacial score (nSPS) is 14.6. The molecule has 0 bridgehead atoms. The Morgan fingerprint density at radius 1 is 1.12 bits per heavy atom. The maximum absolute atomic E-state index is 12.4. The molecule has 32 heavy (non-hydrogen) atoms. The SMILES string of the molecule is CN=C(NCc1ccc(OCC(F)(F)F)c(OC)c1)N1CCN(c2ccccn2)CC1.I. The fourth-order valence-electron chi connectivity index (χ4n) is 3.30. The van der Waals surface area contributed by atoms with E-state index in [1.54, 1.807) is 25.4 Å². The Bertz CT molecular complexity index is 875. The highest BCUT2D eigenvalue weighted by molar-refractivity contribution is 14.0. The van der Waals surface area contributed by atoms with Gasteiger partial charge in [0, 0.05) is 46.0 Å². The van der Waals surface area contributed by atoms with Crippen molar-refractivity contribution in [3.8, 4) is 11.5 Å².